The Morgan fingerprint density at radius 2 is 1.82 bits per heavy atom. The maximum Gasteiger partial charge on any atom is 0.170 e. The minimum Gasteiger partial charge on any atom is -0.355 e. The van der Waals surface area contributed by atoms with Crippen molar-refractivity contribution >= 4 is 0 Å². The SMILES string of the molecule is CCCc1ccc(-c2onc3c2CCc2ccccc2-3)cc1. The first-order chi connectivity index (χ1) is 10.9. The van der Waals surface area contributed by atoms with Crippen molar-refractivity contribution in [1.82, 2.24) is 5.16 Å². The molecule has 1 heterocycles. The van der Waals surface area contributed by atoms with E-state index in [0.717, 1.165) is 36.3 Å². The van der Waals surface area contributed by atoms with Crippen LogP contribution in [0.3, 0.4) is 0 Å². The summed E-state index contributed by atoms with van der Waals surface area (Å²) in [6.07, 6.45) is 4.36. The number of aryl methyl sites for hydroxylation is 2. The summed E-state index contributed by atoms with van der Waals surface area (Å²) in [7, 11) is 0. The van der Waals surface area contributed by atoms with E-state index < -0.39 is 0 Å². The van der Waals surface area contributed by atoms with E-state index in [-0.39, 0.29) is 0 Å². The van der Waals surface area contributed by atoms with Crippen LogP contribution < -0.4 is 0 Å². The van der Waals surface area contributed by atoms with Gasteiger partial charge in [-0.05, 0) is 30.4 Å². The van der Waals surface area contributed by atoms with E-state index in [9.17, 15) is 0 Å². The van der Waals surface area contributed by atoms with Gasteiger partial charge in [0.1, 0.15) is 5.69 Å². The van der Waals surface area contributed by atoms with E-state index in [4.69, 9.17) is 4.52 Å². The van der Waals surface area contributed by atoms with Crippen LogP contribution in [0.1, 0.15) is 30.0 Å². The van der Waals surface area contributed by atoms with Crippen LogP contribution in [0.5, 0.6) is 0 Å². The molecule has 1 aromatic heterocycles. The van der Waals surface area contributed by atoms with Crippen LogP contribution in [-0.4, -0.2) is 5.16 Å². The molecule has 0 amide bonds. The first kappa shape index (κ1) is 13.3. The third kappa shape index (κ3) is 2.16. The summed E-state index contributed by atoms with van der Waals surface area (Å²) >= 11 is 0. The van der Waals surface area contributed by atoms with E-state index in [1.54, 1.807) is 0 Å². The molecular formula is C20H19NO. The predicted octanol–water partition coefficient (Wildman–Crippen LogP) is 5.06. The number of fused-ring (bicyclic) bond motifs is 3. The largest absolute Gasteiger partial charge is 0.355 e. The Balaban J connectivity index is 1.75. The van der Waals surface area contributed by atoms with Gasteiger partial charge in [0.2, 0.25) is 0 Å². The third-order valence-electron chi connectivity index (χ3n) is 4.46. The lowest BCUT2D eigenvalue weighted by Crippen LogP contribution is -2.03. The van der Waals surface area contributed by atoms with Crippen molar-refractivity contribution in [3.63, 3.8) is 0 Å². The Morgan fingerprint density at radius 3 is 2.64 bits per heavy atom. The van der Waals surface area contributed by atoms with Gasteiger partial charge in [-0.2, -0.15) is 0 Å². The standard InChI is InChI=1S/C20H19NO/c1-2-5-14-8-10-16(11-9-14)20-18-13-12-15-6-3-4-7-17(15)19(18)21-22-20/h3-4,6-11H,2,5,12-13H2,1H3. The van der Waals surface area contributed by atoms with Crippen LogP contribution >= 0.6 is 0 Å². The first-order valence-electron chi connectivity index (χ1n) is 8.03. The molecule has 0 saturated carbocycles. The highest BCUT2D eigenvalue weighted by atomic mass is 16.5. The van der Waals surface area contributed by atoms with Gasteiger partial charge in [-0.15, -0.1) is 0 Å². The van der Waals surface area contributed by atoms with Crippen molar-refractivity contribution in [3.05, 3.63) is 65.2 Å². The van der Waals surface area contributed by atoms with E-state index in [1.165, 1.54) is 28.7 Å². The van der Waals surface area contributed by atoms with Crippen molar-refractivity contribution < 1.29 is 4.52 Å². The molecule has 22 heavy (non-hydrogen) atoms. The Hall–Kier alpha value is -2.35. The van der Waals surface area contributed by atoms with Gasteiger partial charge in [0.05, 0.1) is 0 Å². The molecule has 0 spiro atoms. The molecule has 0 unspecified atom stereocenters. The normalized spacial score (nSPS) is 12.8. The summed E-state index contributed by atoms with van der Waals surface area (Å²) in [4.78, 5) is 0. The molecule has 0 N–H and O–H groups in total. The van der Waals surface area contributed by atoms with Crippen LogP contribution in [0.25, 0.3) is 22.6 Å². The molecule has 0 bridgehead atoms. The highest BCUT2D eigenvalue weighted by Gasteiger charge is 2.24. The zero-order valence-electron chi connectivity index (χ0n) is 12.8. The van der Waals surface area contributed by atoms with Gasteiger partial charge in [-0.3, -0.25) is 0 Å². The fraction of sp³-hybridized carbons (Fsp3) is 0.250. The lowest BCUT2D eigenvalue weighted by molar-refractivity contribution is 0.434. The van der Waals surface area contributed by atoms with Gasteiger partial charge in [0, 0.05) is 16.7 Å². The number of rotatable bonds is 3. The van der Waals surface area contributed by atoms with Gasteiger partial charge in [-0.25, -0.2) is 0 Å². The van der Waals surface area contributed by atoms with E-state index in [0.29, 0.717) is 0 Å². The van der Waals surface area contributed by atoms with E-state index in [1.807, 2.05) is 0 Å². The maximum atomic E-state index is 5.71. The molecule has 110 valence electrons. The maximum absolute atomic E-state index is 5.71. The molecule has 0 saturated heterocycles. The third-order valence-corrected chi connectivity index (χ3v) is 4.46. The molecule has 3 aromatic rings. The highest BCUT2D eigenvalue weighted by molar-refractivity contribution is 5.76. The van der Waals surface area contributed by atoms with Crippen molar-refractivity contribution in [3.8, 4) is 22.6 Å². The Bertz CT molecular complexity index is 799. The first-order valence-corrected chi connectivity index (χ1v) is 8.03. The number of hydrogen-bond donors (Lipinski definition) is 0. The zero-order valence-corrected chi connectivity index (χ0v) is 12.8. The lowest BCUT2D eigenvalue weighted by Gasteiger charge is -2.14. The molecule has 0 atom stereocenters. The summed E-state index contributed by atoms with van der Waals surface area (Å²) < 4.78 is 5.71. The molecule has 2 aromatic carbocycles. The summed E-state index contributed by atoms with van der Waals surface area (Å²) in [6, 6.07) is 17.2. The van der Waals surface area contributed by atoms with Crippen LogP contribution in [0.15, 0.2) is 53.1 Å². The van der Waals surface area contributed by atoms with Gasteiger partial charge in [-0.1, -0.05) is 67.0 Å². The highest BCUT2D eigenvalue weighted by Crippen LogP contribution is 2.38. The number of benzene rings is 2. The van der Waals surface area contributed by atoms with Gasteiger partial charge >= 0.3 is 0 Å². The Kier molecular flexibility index (Phi) is 3.30. The predicted molar refractivity (Wildman–Crippen MR) is 88.8 cm³/mol. The van der Waals surface area contributed by atoms with Crippen molar-refractivity contribution in [2.75, 3.05) is 0 Å². The molecular weight excluding hydrogens is 270 g/mol. The molecule has 2 nitrogen and oxygen atoms in total. The second-order valence-electron chi connectivity index (χ2n) is 5.94. The zero-order chi connectivity index (χ0) is 14.9. The Labute approximate surface area is 130 Å². The molecule has 1 aliphatic carbocycles. The monoisotopic (exact) mass is 289 g/mol. The molecule has 0 fully saturated rings. The van der Waals surface area contributed by atoms with Gasteiger partial charge in [0.25, 0.3) is 0 Å². The lowest BCUT2D eigenvalue weighted by atomic mass is 9.88. The summed E-state index contributed by atoms with van der Waals surface area (Å²) in [6.45, 7) is 2.21. The Morgan fingerprint density at radius 1 is 1.00 bits per heavy atom. The van der Waals surface area contributed by atoms with Crippen molar-refractivity contribution in [1.29, 1.82) is 0 Å². The molecule has 1 aliphatic rings. The molecule has 2 heteroatoms. The van der Waals surface area contributed by atoms with Crippen molar-refractivity contribution in [2.24, 2.45) is 0 Å². The van der Waals surface area contributed by atoms with E-state index in [2.05, 4.69) is 60.6 Å². The second-order valence-corrected chi connectivity index (χ2v) is 5.94. The number of aromatic nitrogens is 1. The van der Waals surface area contributed by atoms with Crippen LogP contribution in [0, 0.1) is 0 Å². The average molecular weight is 289 g/mol. The average Bonchev–Trinajstić information content (AvgIpc) is 3.00. The number of nitrogens with zero attached hydrogens (tertiary/aromatic N) is 1. The smallest absolute Gasteiger partial charge is 0.170 e. The molecule has 0 aliphatic heterocycles. The van der Waals surface area contributed by atoms with Gasteiger partial charge in [0.15, 0.2) is 5.76 Å². The van der Waals surface area contributed by atoms with Crippen LogP contribution in [0.2, 0.25) is 0 Å². The van der Waals surface area contributed by atoms with Gasteiger partial charge < -0.3 is 4.52 Å². The minimum absolute atomic E-state index is 0.938. The summed E-state index contributed by atoms with van der Waals surface area (Å²) in [5.74, 6) is 0.938. The second kappa shape index (κ2) is 5.45. The molecule has 0 radical (unpaired) electrons. The summed E-state index contributed by atoms with van der Waals surface area (Å²) in [5.41, 5.74) is 7.38. The van der Waals surface area contributed by atoms with Crippen LogP contribution in [-0.2, 0) is 19.3 Å². The molecule has 4 rings (SSSR count). The van der Waals surface area contributed by atoms with Crippen molar-refractivity contribution in [2.45, 2.75) is 32.6 Å². The van der Waals surface area contributed by atoms with Crippen LogP contribution in [0.4, 0.5) is 0 Å². The fourth-order valence-corrected chi connectivity index (χ4v) is 3.32. The topological polar surface area (TPSA) is 26.0 Å². The summed E-state index contributed by atoms with van der Waals surface area (Å²) in [5, 5.41) is 4.36. The van der Waals surface area contributed by atoms with E-state index >= 15 is 0 Å². The quantitative estimate of drug-likeness (QED) is 0.673. The number of hydrogen-bond acceptors (Lipinski definition) is 2. The fourth-order valence-electron chi connectivity index (χ4n) is 3.32. The minimum atomic E-state index is 0.938.